The second kappa shape index (κ2) is 7.11. The molecule has 2 heterocycles. The highest BCUT2D eigenvalue weighted by Crippen LogP contribution is 2.20. The van der Waals surface area contributed by atoms with Gasteiger partial charge in [-0.1, -0.05) is 12.1 Å². The Kier molecular flexibility index (Phi) is 6.11. The summed E-state index contributed by atoms with van der Waals surface area (Å²) in [7, 11) is 0. The second-order valence-corrected chi connectivity index (χ2v) is 4.16. The average Bonchev–Trinajstić information content (AvgIpc) is 2.72. The monoisotopic (exact) mass is 377 g/mol. The predicted molar refractivity (Wildman–Crippen MR) is 84.2 cm³/mol. The van der Waals surface area contributed by atoms with Crippen molar-refractivity contribution in [3.63, 3.8) is 0 Å². The highest BCUT2D eigenvalue weighted by molar-refractivity contribution is 8.93. The molecule has 0 unspecified atom stereocenters. The van der Waals surface area contributed by atoms with E-state index in [0.29, 0.717) is 12.1 Å². The molecule has 3 rings (SSSR count). The van der Waals surface area contributed by atoms with Crippen molar-refractivity contribution in [3.05, 3.63) is 24.3 Å². The fraction of sp³-hybridized carbons (Fsp3) is 0.417. The van der Waals surface area contributed by atoms with Crippen LogP contribution in [0.5, 0.6) is 0 Å². The zero-order valence-corrected chi connectivity index (χ0v) is 13.3. The first kappa shape index (κ1) is 15.5. The van der Waals surface area contributed by atoms with Gasteiger partial charge in [0, 0.05) is 6.04 Å². The molecule has 1 aliphatic rings. The molecular weight excluding hydrogens is 362 g/mol. The number of aromatic nitrogens is 1. The van der Waals surface area contributed by atoms with Crippen molar-refractivity contribution >= 4 is 51.1 Å². The van der Waals surface area contributed by atoms with Gasteiger partial charge in [-0.15, -0.1) is 34.0 Å². The van der Waals surface area contributed by atoms with Crippen molar-refractivity contribution in [1.29, 1.82) is 0 Å². The summed E-state index contributed by atoms with van der Waals surface area (Å²) >= 11 is 0. The molecule has 1 fully saturated rings. The minimum Gasteiger partial charge on any atom is -0.424 e. The molecule has 6 heteroatoms. The lowest BCUT2D eigenvalue weighted by atomic mass is 10.1. The summed E-state index contributed by atoms with van der Waals surface area (Å²) in [4.78, 5) is 4.41. The fourth-order valence-corrected chi connectivity index (χ4v) is 2.07. The second-order valence-electron chi connectivity index (χ2n) is 4.16. The molecule has 1 aromatic carbocycles. The lowest BCUT2D eigenvalue weighted by Gasteiger charge is -2.22. The third kappa shape index (κ3) is 3.46. The number of oxazole rings is 1. The van der Waals surface area contributed by atoms with Crippen LogP contribution >= 0.6 is 34.0 Å². The normalized spacial score (nSPS) is 15.8. The average molecular weight is 379 g/mol. The smallest absolute Gasteiger partial charge is 0.295 e. The third-order valence-electron chi connectivity index (χ3n) is 2.96. The molecule has 0 radical (unpaired) electrons. The van der Waals surface area contributed by atoms with Crippen LogP contribution in [0.25, 0.3) is 11.1 Å². The quantitative estimate of drug-likeness (QED) is 0.842. The van der Waals surface area contributed by atoms with Gasteiger partial charge in [-0.2, -0.15) is 4.98 Å². The minimum absolute atomic E-state index is 0. The van der Waals surface area contributed by atoms with Gasteiger partial charge in [-0.25, -0.2) is 0 Å². The molecule has 0 bridgehead atoms. The molecule has 2 aromatic rings. The number of hydrogen-bond donors (Lipinski definition) is 2. The molecule has 1 saturated heterocycles. The predicted octanol–water partition coefficient (Wildman–Crippen LogP) is 3.15. The SMILES string of the molecule is Br.Br.c1ccc2oc(NC3CCNCC3)nc2c1. The van der Waals surface area contributed by atoms with E-state index in [1.807, 2.05) is 24.3 Å². The number of nitrogens with one attached hydrogen (secondary N) is 2. The van der Waals surface area contributed by atoms with Crippen molar-refractivity contribution in [2.75, 3.05) is 18.4 Å². The van der Waals surface area contributed by atoms with E-state index in [4.69, 9.17) is 4.42 Å². The van der Waals surface area contributed by atoms with Gasteiger partial charge in [0.2, 0.25) is 0 Å². The van der Waals surface area contributed by atoms with Crippen LogP contribution < -0.4 is 10.6 Å². The van der Waals surface area contributed by atoms with Crippen molar-refractivity contribution in [2.45, 2.75) is 18.9 Å². The van der Waals surface area contributed by atoms with Crippen LogP contribution in [0, 0.1) is 0 Å². The lowest BCUT2D eigenvalue weighted by molar-refractivity contribution is 0.466. The Labute approximate surface area is 127 Å². The Morgan fingerprint density at radius 1 is 1.17 bits per heavy atom. The van der Waals surface area contributed by atoms with Gasteiger partial charge < -0.3 is 15.1 Å². The number of rotatable bonds is 2. The van der Waals surface area contributed by atoms with E-state index in [2.05, 4.69) is 15.6 Å². The topological polar surface area (TPSA) is 50.1 Å². The van der Waals surface area contributed by atoms with E-state index in [0.717, 1.165) is 37.0 Å². The molecular formula is C12H17Br2N3O. The molecule has 18 heavy (non-hydrogen) atoms. The summed E-state index contributed by atoms with van der Waals surface area (Å²) in [5, 5.41) is 6.69. The molecule has 4 nitrogen and oxygen atoms in total. The molecule has 0 atom stereocenters. The number of piperidine rings is 1. The van der Waals surface area contributed by atoms with E-state index in [-0.39, 0.29) is 34.0 Å². The van der Waals surface area contributed by atoms with E-state index in [1.165, 1.54) is 0 Å². The first-order valence-corrected chi connectivity index (χ1v) is 5.75. The zero-order chi connectivity index (χ0) is 10.8. The molecule has 0 aliphatic carbocycles. The minimum atomic E-state index is 0. The largest absolute Gasteiger partial charge is 0.424 e. The molecule has 1 aliphatic heterocycles. The fourth-order valence-electron chi connectivity index (χ4n) is 2.07. The maximum atomic E-state index is 5.63. The van der Waals surface area contributed by atoms with Gasteiger partial charge in [-0.3, -0.25) is 0 Å². The summed E-state index contributed by atoms with van der Waals surface area (Å²) in [6, 6.07) is 8.96. The van der Waals surface area contributed by atoms with E-state index in [9.17, 15) is 0 Å². The van der Waals surface area contributed by atoms with E-state index >= 15 is 0 Å². The van der Waals surface area contributed by atoms with Crippen molar-refractivity contribution in [1.82, 2.24) is 10.3 Å². The number of halogens is 2. The summed E-state index contributed by atoms with van der Waals surface area (Å²) in [6.45, 7) is 2.13. The van der Waals surface area contributed by atoms with Gasteiger partial charge in [-0.05, 0) is 38.1 Å². The molecule has 100 valence electrons. The van der Waals surface area contributed by atoms with E-state index in [1.54, 1.807) is 0 Å². The number of fused-ring (bicyclic) bond motifs is 1. The number of para-hydroxylation sites is 2. The van der Waals surface area contributed by atoms with Gasteiger partial charge in [0.15, 0.2) is 5.58 Å². The molecule has 2 N–H and O–H groups in total. The van der Waals surface area contributed by atoms with Crippen LogP contribution in [0.3, 0.4) is 0 Å². The Morgan fingerprint density at radius 3 is 2.61 bits per heavy atom. The van der Waals surface area contributed by atoms with Gasteiger partial charge in [0.05, 0.1) is 0 Å². The van der Waals surface area contributed by atoms with Crippen molar-refractivity contribution in [2.24, 2.45) is 0 Å². The maximum Gasteiger partial charge on any atom is 0.295 e. The lowest BCUT2D eigenvalue weighted by Crippen LogP contribution is -2.35. The van der Waals surface area contributed by atoms with Crippen LogP contribution in [-0.4, -0.2) is 24.1 Å². The third-order valence-corrected chi connectivity index (χ3v) is 2.96. The Hall–Kier alpha value is -0.590. The van der Waals surface area contributed by atoms with Crippen LogP contribution in [-0.2, 0) is 0 Å². The highest BCUT2D eigenvalue weighted by atomic mass is 79.9. The number of hydrogen-bond acceptors (Lipinski definition) is 4. The number of anilines is 1. The Balaban J connectivity index is 0.000000810. The van der Waals surface area contributed by atoms with E-state index < -0.39 is 0 Å². The van der Waals surface area contributed by atoms with Gasteiger partial charge in [0.25, 0.3) is 6.01 Å². The molecule has 1 aromatic heterocycles. The molecule has 0 amide bonds. The van der Waals surface area contributed by atoms with Crippen molar-refractivity contribution in [3.8, 4) is 0 Å². The summed E-state index contributed by atoms with van der Waals surface area (Å²) < 4.78 is 5.63. The summed E-state index contributed by atoms with van der Waals surface area (Å²) in [6.07, 6.45) is 2.25. The van der Waals surface area contributed by atoms with Crippen LogP contribution in [0.2, 0.25) is 0 Å². The zero-order valence-electron chi connectivity index (χ0n) is 9.89. The van der Waals surface area contributed by atoms with Crippen LogP contribution in [0.4, 0.5) is 6.01 Å². The molecule has 0 spiro atoms. The first-order valence-electron chi connectivity index (χ1n) is 5.75. The number of nitrogens with zero attached hydrogens (tertiary/aromatic N) is 1. The summed E-state index contributed by atoms with van der Waals surface area (Å²) in [5.74, 6) is 0. The Bertz CT molecular complexity index is 450. The van der Waals surface area contributed by atoms with Gasteiger partial charge >= 0.3 is 0 Å². The summed E-state index contributed by atoms with van der Waals surface area (Å²) in [5.41, 5.74) is 1.76. The van der Waals surface area contributed by atoms with Crippen molar-refractivity contribution < 1.29 is 4.42 Å². The van der Waals surface area contributed by atoms with Gasteiger partial charge in [0.1, 0.15) is 5.52 Å². The maximum absolute atomic E-state index is 5.63. The standard InChI is InChI=1S/C12H15N3O.2BrH/c1-2-4-11-10(3-1)15-12(16-11)14-9-5-7-13-8-6-9;;/h1-4,9,13H,5-8H2,(H,14,15);2*1H. The Morgan fingerprint density at radius 2 is 1.89 bits per heavy atom. The number of benzene rings is 1. The van der Waals surface area contributed by atoms with Crippen LogP contribution in [0.15, 0.2) is 28.7 Å². The van der Waals surface area contributed by atoms with Crippen LogP contribution in [0.1, 0.15) is 12.8 Å². The highest BCUT2D eigenvalue weighted by Gasteiger charge is 2.15. The molecule has 0 saturated carbocycles. The first-order chi connectivity index (χ1) is 7.92.